The van der Waals surface area contributed by atoms with Gasteiger partial charge in [-0.2, -0.15) is 0 Å². The minimum Gasteiger partial charge on any atom is -0.317 e. The van der Waals surface area contributed by atoms with E-state index in [-0.39, 0.29) is 0 Å². The zero-order chi connectivity index (χ0) is 11.8. The maximum Gasteiger partial charge on any atom is 0.0419 e. The summed E-state index contributed by atoms with van der Waals surface area (Å²) in [6.07, 6.45) is 6.77. The third kappa shape index (κ3) is 5.26. The van der Waals surface area contributed by atoms with E-state index in [1.54, 1.807) is 0 Å². The number of likely N-dealkylation sites (N-methyl/N-ethyl adjacent to an activating group) is 1. The molecule has 0 saturated carbocycles. The molecule has 0 aliphatic carbocycles. The molecule has 0 aromatic carbocycles. The van der Waals surface area contributed by atoms with Gasteiger partial charge in [-0.15, -0.1) is 0 Å². The van der Waals surface area contributed by atoms with Gasteiger partial charge in [0.25, 0.3) is 0 Å². The Morgan fingerprint density at radius 2 is 2.06 bits per heavy atom. The number of nitrogens with one attached hydrogen (secondary N) is 1. The van der Waals surface area contributed by atoms with Crippen LogP contribution in [0.2, 0.25) is 0 Å². The van der Waals surface area contributed by atoms with E-state index in [4.69, 9.17) is 0 Å². The van der Waals surface area contributed by atoms with Gasteiger partial charge >= 0.3 is 0 Å². The van der Waals surface area contributed by atoms with Crippen molar-refractivity contribution in [2.24, 2.45) is 5.92 Å². The molecule has 2 heteroatoms. The van der Waals surface area contributed by atoms with Crippen LogP contribution in [0.3, 0.4) is 0 Å². The maximum absolute atomic E-state index is 4.37. The van der Waals surface area contributed by atoms with Gasteiger partial charge < -0.3 is 5.32 Å². The number of nitrogens with zero attached hydrogens (tertiary/aromatic N) is 1. The Morgan fingerprint density at radius 1 is 1.25 bits per heavy atom. The van der Waals surface area contributed by atoms with Crippen molar-refractivity contribution < 1.29 is 0 Å². The fraction of sp³-hybridized carbons (Fsp3) is 0.643. The van der Waals surface area contributed by atoms with Crippen LogP contribution in [0.1, 0.15) is 38.8 Å². The van der Waals surface area contributed by atoms with Crippen molar-refractivity contribution in [2.75, 3.05) is 7.05 Å². The summed E-state index contributed by atoms with van der Waals surface area (Å²) in [5.41, 5.74) is 1.19. The molecule has 0 radical (unpaired) electrons. The van der Waals surface area contributed by atoms with Gasteiger partial charge in [-0.3, -0.25) is 4.98 Å². The molecule has 0 aliphatic heterocycles. The largest absolute Gasteiger partial charge is 0.317 e. The molecule has 1 aromatic heterocycles. The summed E-state index contributed by atoms with van der Waals surface area (Å²) in [7, 11) is 2.04. The van der Waals surface area contributed by atoms with Crippen molar-refractivity contribution in [3.63, 3.8) is 0 Å². The summed E-state index contributed by atoms with van der Waals surface area (Å²) >= 11 is 0. The standard InChI is InChI=1S/C14H24N2/c1-12(2)7-6-9-13(15-3)11-14-8-4-5-10-16-14/h4-5,8,10,12-13,15H,6-7,9,11H2,1-3H3. The van der Waals surface area contributed by atoms with E-state index >= 15 is 0 Å². The topological polar surface area (TPSA) is 24.9 Å². The van der Waals surface area contributed by atoms with Gasteiger partial charge in [-0.1, -0.05) is 32.8 Å². The summed E-state index contributed by atoms with van der Waals surface area (Å²) in [5, 5.41) is 3.38. The molecule has 1 unspecified atom stereocenters. The summed E-state index contributed by atoms with van der Waals surface area (Å²) in [6, 6.07) is 6.70. The molecule has 0 amide bonds. The second kappa shape index (κ2) is 7.39. The lowest BCUT2D eigenvalue weighted by atomic mass is 10.0. The van der Waals surface area contributed by atoms with Crippen molar-refractivity contribution in [3.05, 3.63) is 30.1 Å². The highest BCUT2D eigenvalue weighted by molar-refractivity contribution is 5.05. The van der Waals surface area contributed by atoms with E-state index in [9.17, 15) is 0 Å². The Labute approximate surface area is 99.5 Å². The molecule has 90 valence electrons. The maximum atomic E-state index is 4.37. The number of pyridine rings is 1. The molecule has 0 saturated heterocycles. The van der Waals surface area contributed by atoms with Crippen LogP contribution in [0.25, 0.3) is 0 Å². The third-order valence-corrected chi connectivity index (χ3v) is 2.92. The fourth-order valence-corrected chi connectivity index (χ4v) is 1.89. The van der Waals surface area contributed by atoms with Crippen LogP contribution < -0.4 is 5.32 Å². The van der Waals surface area contributed by atoms with E-state index in [2.05, 4.69) is 36.3 Å². The molecule has 1 N–H and O–H groups in total. The van der Waals surface area contributed by atoms with Crippen molar-refractivity contribution >= 4 is 0 Å². The second-order valence-corrected chi connectivity index (χ2v) is 4.84. The van der Waals surface area contributed by atoms with Crippen molar-refractivity contribution in [2.45, 2.75) is 45.6 Å². The normalized spacial score (nSPS) is 13.0. The third-order valence-electron chi connectivity index (χ3n) is 2.92. The van der Waals surface area contributed by atoms with Gasteiger partial charge in [0.1, 0.15) is 0 Å². The van der Waals surface area contributed by atoms with E-state index in [1.165, 1.54) is 25.0 Å². The smallest absolute Gasteiger partial charge is 0.0419 e. The molecule has 1 aromatic rings. The second-order valence-electron chi connectivity index (χ2n) is 4.84. The average molecular weight is 220 g/mol. The zero-order valence-electron chi connectivity index (χ0n) is 10.7. The van der Waals surface area contributed by atoms with E-state index in [0.717, 1.165) is 12.3 Å². The van der Waals surface area contributed by atoms with Crippen LogP contribution >= 0.6 is 0 Å². The highest BCUT2D eigenvalue weighted by Gasteiger charge is 2.07. The van der Waals surface area contributed by atoms with E-state index < -0.39 is 0 Å². The first-order valence-electron chi connectivity index (χ1n) is 6.29. The van der Waals surface area contributed by atoms with Crippen LogP contribution in [0.15, 0.2) is 24.4 Å². The summed E-state index contributed by atoms with van der Waals surface area (Å²) < 4.78 is 0. The van der Waals surface area contributed by atoms with Gasteiger partial charge in [-0.05, 0) is 31.5 Å². The van der Waals surface area contributed by atoms with Gasteiger partial charge in [0.05, 0.1) is 0 Å². The molecular weight excluding hydrogens is 196 g/mol. The van der Waals surface area contributed by atoms with Crippen LogP contribution in [0.5, 0.6) is 0 Å². The molecule has 0 fully saturated rings. The average Bonchev–Trinajstić information content (AvgIpc) is 2.28. The monoisotopic (exact) mass is 220 g/mol. The predicted molar refractivity (Wildman–Crippen MR) is 69.5 cm³/mol. The Morgan fingerprint density at radius 3 is 2.62 bits per heavy atom. The molecule has 2 nitrogen and oxygen atoms in total. The first-order valence-corrected chi connectivity index (χ1v) is 6.29. The first kappa shape index (κ1) is 13.2. The van der Waals surface area contributed by atoms with Crippen molar-refractivity contribution in [1.82, 2.24) is 10.3 Å². The Bertz CT molecular complexity index is 269. The van der Waals surface area contributed by atoms with Crippen LogP contribution in [0, 0.1) is 5.92 Å². The Balaban J connectivity index is 2.32. The first-order chi connectivity index (χ1) is 7.72. The van der Waals surface area contributed by atoms with Gasteiger partial charge in [0, 0.05) is 24.4 Å². The van der Waals surface area contributed by atoms with Crippen LogP contribution in [-0.2, 0) is 6.42 Å². The SMILES string of the molecule is CNC(CCCC(C)C)Cc1ccccn1. The lowest BCUT2D eigenvalue weighted by Gasteiger charge is -2.16. The summed E-state index contributed by atoms with van der Waals surface area (Å²) in [6.45, 7) is 4.57. The minimum atomic E-state index is 0.564. The zero-order valence-corrected chi connectivity index (χ0v) is 10.7. The van der Waals surface area contributed by atoms with E-state index in [1.807, 2.05) is 19.3 Å². The summed E-state index contributed by atoms with van der Waals surface area (Å²) in [4.78, 5) is 4.37. The van der Waals surface area contributed by atoms with Gasteiger partial charge in [0.15, 0.2) is 0 Å². The number of aromatic nitrogens is 1. The number of hydrogen-bond donors (Lipinski definition) is 1. The number of hydrogen-bond acceptors (Lipinski definition) is 2. The predicted octanol–water partition coefficient (Wildman–Crippen LogP) is 3.04. The Kier molecular flexibility index (Phi) is 6.09. The molecular formula is C14H24N2. The van der Waals surface area contributed by atoms with Crippen molar-refractivity contribution in [1.29, 1.82) is 0 Å². The van der Waals surface area contributed by atoms with E-state index in [0.29, 0.717) is 6.04 Å². The lowest BCUT2D eigenvalue weighted by Crippen LogP contribution is -2.27. The van der Waals surface area contributed by atoms with Crippen LogP contribution in [-0.4, -0.2) is 18.1 Å². The molecule has 0 spiro atoms. The molecule has 0 bridgehead atoms. The minimum absolute atomic E-state index is 0.564. The number of rotatable bonds is 7. The molecule has 1 atom stereocenters. The lowest BCUT2D eigenvalue weighted by molar-refractivity contribution is 0.455. The highest BCUT2D eigenvalue weighted by atomic mass is 14.9. The summed E-state index contributed by atoms with van der Waals surface area (Å²) in [5.74, 6) is 0.812. The van der Waals surface area contributed by atoms with Gasteiger partial charge in [0.2, 0.25) is 0 Å². The molecule has 16 heavy (non-hydrogen) atoms. The molecule has 1 rings (SSSR count). The fourth-order valence-electron chi connectivity index (χ4n) is 1.89. The van der Waals surface area contributed by atoms with Crippen molar-refractivity contribution in [3.8, 4) is 0 Å². The van der Waals surface area contributed by atoms with Crippen LogP contribution in [0.4, 0.5) is 0 Å². The highest BCUT2D eigenvalue weighted by Crippen LogP contribution is 2.10. The molecule has 1 heterocycles. The Hall–Kier alpha value is -0.890. The molecule has 0 aliphatic rings. The quantitative estimate of drug-likeness (QED) is 0.764. The van der Waals surface area contributed by atoms with Gasteiger partial charge in [-0.25, -0.2) is 0 Å².